The number of nitrogens with zero attached hydrogens (tertiary/aromatic N) is 1. The highest BCUT2D eigenvalue weighted by molar-refractivity contribution is 7.92. The van der Waals surface area contributed by atoms with Crippen molar-refractivity contribution in [3.8, 4) is 11.5 Å². The van der Waals surface area contributed by atoms with Gasteiger partial charge in [-0.15, -0.1) is 0 Å². The second kappa shape index (κ2) is 8.05. The molecule has 9 heteroatoms. The maximum Gasteiger partial charge on any atom is 0.245 e. The lowest BCUT2D eigenvalue weighted by Crippen LogP contribution is -2.38. The zero-order chi connectivity index (χ0) is 19.3. The summed E-state index contributed by atoms with van der Waals surface area (Å²) in [5.74, 6) is -0.520. The van der Waals surface area contributed by atoms with Gasteiger partial charge >= 0.3 is 0 Å². The molecule has 2 rings (SSSR count). The summed E-state index contributed by atoms with van der Waals surface area (Å²) >= 11 is 0. The molecule has 0 aromatic heterocycles. The number of halogens is 1. The predicted octanol–water partition coefficient (Wildman–Crippen LogP) is 2.25. The normalized spacial score (nSPS) is 10.9. The van der Waals surface area contributed by atoms with E-state index < -0.39 is 28.3 Å². The van der Waals surface area contributed by atoms with Crippen molar-refractivity contribution in [2.24, 2.45) is 0 Å². The van der Waals surface area contributed by atoms with E-state index in [2.05, 4.69) is 5.32 Å². The fourth-order valence-electron chi connectivity index (χ4n) is 2.26. The minimum atomic E-state index is -3.87. The van der Waals surface area contributed by atoms with Gasteiger partial charge in [0.15, 0.2) is 0 Å². The van der Waals surface area contributed by atoms with Crippen LogP contribution in [0.4, 0.5) is 15.8 Å². The zero-order valence-corrected chi connectivity index (χ0v) is 15.3. The first-order valence-corrected chi connectivity index (χ1v) is 9.35. The number of amides is 1. The third-order valence-corrected chi connectivity index (χ3v) is 4.62. The van der Waals surface area contributed by atoms with E-state index in [4.69, 9.17) is 9.47 Å². The minimum absolute atomic E-state index is 0.202. The van der Waals surface area contributed by atoms with Crippen molar-refractivity contribution < 1.29 is 27.1 Å². The summed E-state index contributed by atoms with van der Waals surface area (Å²) < 4.78 is 49.0. The van der Waals surface area contributed by atoms with E-state index in [9.17, 15) is 17.6 Å². The summed E-state index contributed by atoms with van der Waals surface area (Å²) in [6.07, 6.45) is 0.903. The Morgan fingerprint density at radius 2 is 1.85 bits per heavy atom. The van der Waals surface area contributed by atoms with E-state index in [1.54, 1.807) is 18.2 Å². The molecule has 0 radical (unpaired) electrons. The van der Waals surface area contributed by atoms with Crippen LogP contribution < -0.4 is 19.1 Å². The third-order valence-electron chi connectivity index (χ3n) is 3.49. The van der Waals surface area contributed by atoms with Gasteiger partial charge in [0.05, 0.1) is 31.9 Å². The Kier molecular flexibility index (Phi) is 6.04. The van der Waals surface area contributed by atoms with E-state index in [-0.39, 0.29) is 5.69 Å². The number of ether oxygens (including phenoxy) is 2. The van der Waals surface area contributed by atoms with E-state index in [1.165, 1.54) is 32.4 Å². The quantitative estimate of drug-likeness (QED) is 0.794. The topological polar surface area (TPSA) is 84.9 Å². The molecule has 1 N–H and O–H groups in total. The summed E-state index contributed by atoms with van der Waals surface area (Å²) in [4.78, 5) is 12.4. The molecule has 2 aromatic rings. The van der Waals surface area contributed by atoms with Crippen molar-refractivity contribution in [1.82, 2.24) is 0 Å². The summed E-state index contributed by atoms with van der Waals surface area (Å²) in [5.41, 5.74) is 0.132. The van der Waals surface area contributed by atoms with Gasteiger partial charge in [-0.25, -0.2) is 12.8 Å². The second-order valence-electron chi connectivity index (χ2n) is 5.34. The molecule has 1 amide bonds. The summed E-state index contributed by atoms with van der Waals surface area (Å²) in [7, 11) is -0.958. The number of benzene rings is 2. The van der Waals surface area contributed by atoms with Crippen LogP contribution in [-0.2, 0) is 14.8 Å². The van der Waals surface area contributed by atoms with E-state index in [0.29, 0.717) is 21.5 Å². The number of para-hydroxylation sites is 1. The number of nitrogens with one attached hydrogen (secondary N) is 1. The first-order valence-electron chi connectivity index (χ1n) is 7.50. The van der Waals surface area contributed by atoms with Gasteiger partial charge in [-0.1, -0.05) is 12.1 Å². The van der Waals surface area contributed by atoms with Crippen LogP contribution in [0.5, 0.6) is 11.5 Å². The molecule has 2 aromatic carbocycles. The molecule has 7 nitrogen and oxygen atoms in total. The van der Waals surface area contributed by atoms with Crippen molar-refractivity contribution in [2.75, 3.05) is 36.6 Å². The number of carbonyl (C=O) groups excluding carboxylic acids is 1. The second-order valence-corrected chi connectivity index (χ2v) is 7.24. The highest BCUT2D eigenvalue weighted by atomic mass is 32.2. The molecule has 0 heterocycles. The molecule has 0 atom stereocenters. The lowest BCUT2D eigenvalue weighted by molar-refractivity contribution is -0.114. The van der Waals surface area contributed by atoms with E-state index >= 15 is 0 Å². The van der Waals surface area contributed by atoms with Gasteiger partial charge in [0.2, 0.25) is 15.9 Å². The lowest BCUT2D eigenvalue weighted by atomic mass is 10.2. The maximum absolute atomic E-state index is 14.0. The van der Waals surface area contributed by atoms with Crippen molar-refractivity contribution in [2.45, 2.75) is 0 Å². The highest BCUT2D eigenvalue weighted by Crippen LogP contribution is 2.29. The number of carbonyl (C=O) groups is 1. The molecule has 0 aliphatic carbocycles. The van der Waals surface area contributed by atoms with E-state index in [0.717, 1.165) is 12.3 Å². The highest BCUT2D eigenvalue weighted by Gasteiger charge is 2.24. The average Bonchev–Trinajstić information content (AvgIpc) is 2.60. The van der Waals surface area contributed by atoms with Crippen LogP contribution in [0.25, 0.3) is 0 Å². The predicted molar refractivity (Wildman–Crippen MR) is 96.8 cm³/mol. The van der Waals surface area contributed by atoms with Crippen LogP contribution in [0.3, 0.4) is 0 Å². The van der Waals surface area contributed by atoms with Gasteiger partial charge in [0.25, 0.3) is 0 Å². The standard InChI is InChI=1S/C17H19FN2O5S/c1-24-12-8-9-14(16(10-12)25-2)19-17(21)11-20(26(3,22)23)15-7-5-4-6-13(15)18/h4-10H,11H2,1-3H3,(H,19,21). The van der Waals surface area contributed by atoms with Crippen LogP contribution >= 0.6 is 0 Å². The fourth-order valence-corrected chi connectivity index (χ4v) is 3.11. The molecule has 0 fully saturated rings. The van der Waals surface area contributed by atoms with Gasteiger partial charge in [-0.2, -0.15) is 0 Å². The fraction of sp³-hybridized carbons (Fsp3) is 0.235. The van der Waals surface area contributed by atoms with Crippen LogP contribution in [-0.4, -0.2) is 41.3 Å². The lowest BCUT2D eigenvalue weighted by Gasteiger charge is -2.22. The van der Waals surface area contributed by atoms with Crippen molar-refractivity contribution in [3.63, 3.8) is 0 Å². The Balaban J connectivity index is 2.25. The number of hydrogen-bond acceptors (Lipinski definition) is 5. The Bertz CT molecular complexity index is 902. The molecule has 0 bridgehead atoms. The molecule has 0 aliphatic heterocycles. The average molecular weight is 382 g/mol. The van der Waals surface area contributed by atoms with Crippen LogP contribution in [0.2, 0.25) is 0 Å². The summed E-state index contributed by atoms with van der Waals surface area (Å²) in [6, 6.07) is 10.1. The Hall–Kier alpha value is -2.81. The Morgan fingerprint density at radius 3 is 2.42 bits per heavy atom. The molecule has 0 saturated heterocycles. The number of sulfonamides is 1. The number of rotatable bonds is 7. The first kappa shape index (κ1) is 19.5. The SMILES string of the molecule is COc1ccc(NC(=O)CN(c2ccccc2F)S(C)(=O)=O)c(OC)c1. The molecule has 0 unspecified atom stereocenters. The summed E-state index contributed by atoms with van der Waals surface area (Å²) in [6.45, 7) is -0.588. The van der Waals surface area contributed by atoms with Crippen molar-refractivity contribution in [1.29, 1.82) is 0 Å². The number of methoxy groups -OCH3 is 2. The molecular formula is C17H19FN2O5S. The Labute approximate surface area is 151 Å². The van der Waals surface area contributed by atoms with Crippen molar-refractivity contribution in [3.05, 3.63) is 48.3 Å². The van der Waals surface area contributed by atoms with Crippen molar-refractivity contribution >= 4 is 27.3 Å². The molecular weight excluding hydrogens is 363 g/mol. The maximum atomic E-state index is 14.0. The smallest absolute Gasteiger partial charge is 0.245 e. The Morgan fingerprint density at radius 1 is 1.15 bits per heavy atom. The molecule has 0 spiro atoms. The van der Waals surface area contributed by atoms with Crippen LogP contribution in [0.15, 0.2) is 42.5 Å². The first-order chi connectivity index (χ1) is 12.3. The van der Waals surface area contributed by atoms with Gasteiger partial charge in [0.1, 0.15) is 23.9 Å². The molecule has 0 saturated carbocycles. The van der Waals surface area contributed by atoms with Crippen LogP contribution in [0, 0.1) is 5.82 Å². The molecule has 0 aliphatic rings. The van der Waals surface area contributed by atoms with Gasteiger partial charge in [0, 0.05) is 6.07 Å². The monoisotopic (exact) mass is 382 g/mol. The minimum Gasteiger partial charge on any atom is -0.497 e. The third kappa shape index (κ3) is 4.63. The van der Waals surface area contributed by atoms with Gasteiger partial charge < -0.3 is 14.8 Å². The summed E-state index contributed by atoms with van der Waals surface area (Å²) in [5, 5.41) is 2.56. The van der Waals surface area contributed by atoms with Gasteiger partial charge in [-0.3, -0.25) is 9.10 Å². The molecule has 26 heavy (non-hydrogen) atoms. The number of anilines is 2. The largest absolute Gasteiger partial charge is 0.497 e. The zero-order valence-electron chi connectivity index (χ0n) is 14.5. The number of hydrogen-bond donors (Lipinski definition) is 1. The van der Waals surface area contributed by atoms with Gasteiger partial charge in [-0.05, 0) is 24.3 Å². The molecule has 140 valence electrons. The van der Waals surface area contributed by atoms with Crippen LogP contribution in [0.1, 0.15) is 0 Å². The van der Waals surface area contributed by atoms with E-state index in [1.807, 2.05) is 0 Å².